The Hall–Kier alpha value is -2.76. The van der Waals surface area contributed by atoms with E-state index in [1.54, 1.807) is 13.3 Å². The van der Waals surface area contributed by atoms with Crippen molar-refractivity contribution >= 4 is 0 Å². The molecule has 5 nitrogen and oxygen atoms in total. The average molecular weight is 270 g/mol. The summed E-state index contributed by atoms with van der Waals surface area (Å²) in [6.45, 7) is 0. The molecule has 2 heterocycles. The van der Waals surface area contributed by atoms with Crippen LogP contribution in [-0.4, -0.2) is 27.1 Å². The molecule has 0 saturated carbocycles. The molecule has 6 heteroatoms. The zero-order chi connectivity index (χ0) is 13.9. The molecule has 0 fully saturated rings. The zero-order valence-electron chi connectivity index (χ0n) is 10.7. The Morgan fingerprint density at radius 2 is 2.05 bits per heavy atom. The van der Waals surface area contributed by atoms with Crippen LogP contribution in [0, 0.1) is 5.82 Å². The van der Waals surface area contributed by atoms with Crippen molar-refractivity contribution in [3.8, 4) is 22.7 Å². The smallest absolute Gasteiger partial charge is 0.143 e. The van der Waals surface area contributed by atoms with Crippen LogP contribution in [0.3, 0.4) is 0 Å². The first-order valence-electron chi connectivity index (χ1n) is 5.94. The second-order valence-electron chi connectivity index (χ2n) is 4.11. The number of nitrogens with zero attached hydrogens (tertiary/aromatic N) is 4. The van der Waals surface area contributed by atoms with E-state index >= 15 is 0 Å². The summed E-state index contributed by atoms with van der Waals surface area (Å²) in [7, 11) is 1.60. The maximum atomic E-state index is 13.2. The van der Waals surface area contributed by atoms with Gasteiger partial charge >= 0.3 is 0 Å². The Balaban J connectivity index is 2.02. The fourth-order valence-corrected chi connectivity index (χ4v) is 1.90. The van der Waals surface area contributed by atoms with E-state index in [1.165, 1.54) is 16.9 Å². The molecule has 3 aromatic rings. The first-order chi connectivity index (χ1) is 9.78. The van der Waals surface area contributed by atoms with Crippen LogP contribution in [0.1, 0.15) is 0 Å². The molecule has 2 aromatic heterocycles. The molecular formula is C14H11FN4O. The van der Waals surface area contributed by atoms with Crippen molar-refractivity contribution in [2.24, 2.45) is 0 Å². The summed E-state index contributed by atoms with van der Waals surface area (Å²) in [5.41, 5.74) is 1.98. The maximum Gasteiger partial charge on any atom is 0.143 e. The van der Waals surface area contributed by atoms with Crippen LogP contribution in [0.5, 0.6) is 5.75 Å². The van der Waals surface area contributed by atoms with Gasteiger partial charge in [0.05, 0.1) is 31.4 Å². The lowest BCUT2D eigenvalue weighted by molar-refractivity contribution is 0.416. The molecule has 1 aromatic carbocycles. The molecule has 100 valence electrons. The maximum absolute atomic E-state index is 13.2. The van der Waals surface area contributed by atoms with Crippen molar-refractivity contribution in [2.45, 2.75) is 0 Å². The standard InChI is InChI=1S/C14H11FN4O/c1-20-14-5-3-2-4-12(14)13-9-19(18-17-13)11-6-10(15)7-16-8-11/h2-9H,1H3. The predicted molar refractivity (Wildman–Crippen MR) is 71.1 cm³/mol. The van der Waals surface area contributed by atoms with Crippen LogP contribution < -0.4 is 4.74 Å². The number of benzene rings is 1. The van der Waals surface area contributed by atoms with E-state index in [1.807, 2.05) is 24.3 Å². The Kier molecular flexibility index (Phi) is 3.12. The van der Waals surface area contributed by atoms with Crippen molar-refractivity contribution in [1.82, 2.24) is 20.0 Å². The van der Waals surface area contributed by atoms with Crippen molar-refractivity contribution in [1.29, 1.82) is 0 Å². The highest BCUT2D eigenvalue weighted by molar-refractivity contribution is 5.66. The molecule has 0 amide bonds. The average Bonchev–Trinajstić information content (AvgIpc) is 2.97. The van der Waals surface area contributed by atoms with E-state index in [0.29, 0.717) is 17.1 Å². The highest BCUT2D eigenvalue weighted by Crippen LogP contribution is 2.27. The molecule has 3 rings (SSSR count). The number of halogens is 1. The second kappa shape index (κ2) is 5.08. The summed E-state index contributed by atoms with van der Waals surface area (Å²) in [4.78, 5) is 3.79. The van der Waals surface area contributed by atoms with Gasteiger partial charge in [0.15, 0.2) is 0 Å². The molecule has 0 radical (unpaired) electrons. The van der Waals surface area contributed by atoms with E-state index in [0.717, 1.165) is 11.8 Å². The molecule has 0 aliphatic heterocycles. The minimum Gasteiger partial charge on any atom is -0.496 e. The number of ether oxygens (including phenoxy) is 1. The molecule has 0 saturated heterocycles. The quantitative estimate of drug-likeness (QED) is 0.733. The predicted octanol–water partition coefficient (Wildman–Crippen LogP) is 2.48. The molecule has 0 unspecified atom stereocenters. The van der Waals surface area contributed by atoms with Crippen molar-refractivity contribution in [2.75, 3.05) is 7.11 Å². The highest BCUT2D eigenvalue weighted by atomic mass is 19.1. The minimum absolute atomic E-state index is 0.420. The third-order valence-corrected chi connectivity index (χ3v) is 2.83. The van der Waals surface area contributed by atoms with Gasteiger partial charge in [-0.15, -0.1) is 5.10 Å². The van der Waals surface area contributed by atoms with E-state index in [4.69, 9.17) is 4.74 Å². The van der Waals surface area contributed by atoms with Crippen LogP contribution >= 0.6 is 0 Å². The third kappa shape index (κ3) is 2.23. The summed E-state index contributed by atoms with van der Waals surface area (Å²) in [5, 5.41) is 8.07. The van der Waals surface area contributed by atoms with Gasteiger partial charge in [0.25, 0.3) is 0 Å². The molecule has 0 bridgehead atoms. The summed E-state index contributed by atoms with van der Waals surface area (Å²) in [5.74, 6) is 0.286. The van der Waals surface area contributed by atoms with Gasteiger partial charge in [-0.05, 0) is 12.1 Å². The molecule has 0 atom stereocenters. The van der Waals surface area contributed by atoms with Gasteiger partial charge in [-0.1, -0.05) is 17.3 Å². The van der Waals surface area contributed by atoms with Gasteiger partial charge in [0.2, 0.25) is 0 Å². The minimum atomic E-state index is -0.420. The Bertz CT molecular complexity index is 741. The van der Waals surface area contributed by atoms with Crippen molar-refractivity contribution in [3.05, 3.63) is 54.7 Å². The third-order valence-electron chi connectivity index (χ3n) is 2.83. The monoisotopic (exact) mass is 270 g/mol. The second-order valence-corrected chi connectivity index (χ2v) is 4.11. The highest BCUT2D eigenvalue weighted by Gasteiger charge is 2.10. The van der Waals surface area contributed by atoms with E-state index < -0.39 is 5.82 Å². The van der Waals surface area contributed by atoms with Gasteiger partial charge in [-0.3, -0.25) is 4.98 Å². The first kappa shape index (κ1) is 12.3. The van der Waals surface area contributed by atoms with Gasteiger partial charge < -0.3 is 4.74 Å². The number of hydrogen-bond acceptors (Lipinski definition) is 4. The normalized spacial score (nSPS) is 10.5. The summed E-state index contributed by atoms with van der Waals surface area (Å²) in [6.07, 6.45) is 4.36. The lowest BCUT2D eigenvalue weighted by Gasteiger charge is -2.04. The van der Waals surface area contributed by atoms with Gasteiger partial charge in [0.1, 0.15) is 17.3 Å². The van der Waals surface area contributed by atoms with E-state index in [2.05, 4.69) is 15.3 Å². The molecule has 0 aliphatic rings. The van der Waals surface area contributed by atoms with Crippen LogP contribution in [0.15, 0.2) is 48.9 Å². The Morgan fingerprint density at radius 1 is 1.20 bits per heavy atom. The Morgan fingerprint density at radius 3 is 2.85 bits per heavy atom. The SMILES string of the molecule is COc1ccccc1-c1cn(-c2cncc(F)c2)nn1. The topological polar surface area (TPSA) is 52.8 Å². The van der Waals surface area contributed by atoms with Gasteiger partial charge in [-0.2, -0.15) is 0 Å². The summed E-state index contributed by atoms with van der Waals surface area (Å²) < 4.78 is 19.9. The number of aromatic nitrogens is 4. The number of para-hydroxylation sites is 1. The fourth-order valence-electron chi connectivity index (χ4n) is 1.90. The molecular weight excluding hydrogens is 259 g/mol. The van der Waals surface area contributed by atoms with Crippen LogP contribution in [0.4, 0.5) is 4.39 Å². The first-order valence-corrected chi connectivity index (χ1v) is 5.94. The Labute approximate surface area is 114 Å². The summed E-state index contributed by atoms with van der Waals surface area (Å²) >= 11 is 0. The molecule has 0 aliphatic carbocycles. The van der Waals surface area contributed by atoms with Crippen LogP contribution in [-0.2, 0) is 0 Å². The van der Waals surface area contributed by atoms with Gasteiger partial charge in [0, 0.05) is 11.6 Å². The number of methoxy groups -OCH3 is 1. The largest absolute Gasteiger partial charge is 0.496 e. The van der Waals surface area contributed by atoms with Crippen molar-refractivity contribution in [3.63, 3.8) is 0 Å². The lowest BCUT2D eigenvalue weighted by atomic mass is 10.1. The number of pyridine rings is 1. The van der Waals surface area contributed by atoms with E-state index in [9.17, 15) is 4.39 Å². The molecule has 20 heavy (non-hydrogen) atoms. The number of hydrogen-bond donors (Lipinski definition) is 0. The van der Waals surface area contributed by atoms with Crippen molar-refractivity contribution < 1.29 is 9.13 Å². The summed E-state index contributed by atoms with van der Waals surface area (Å²) in [6, 6.07) is 8.84. The van der Waals surface area contributed by atoms with Crippen LogP contribution in [0.25, 0.3) is 16.9 Å². The fraction of sp³-hybridized carbons (Fsp3) is 0.0714. The van der Waals surface area contributed by atoms with E-state index in [-0.39, 0.29) is 0 Å². The lowest BCUT2D eigenvalue weighted by Crippen LogP contribution is -1.96. The van der Waals surface area contributed by atoms with Gasteiger partial charge in [-0.25, -0.2) is 9.07 Å². The number of rotatable bonds is 3. The zero-order valence-corrected chi connectivity index (χ0v) is 10.7. The molecule has 0 spiro atoms. The van der Waals surface area contributed by atoms with Crippen LogP contribution in [0.2, 0.25) is 0 Å². The molecule has 0 N–H and O–H groups in total.